The fourth-order valence-corrected chi connectivity index (χ4v) is 7.05. The molecule has 10 nitrogen and oxygen atoms in total. The van der Waals surface area contributed by atoms with E-state index in [-0.39, 0.29) is 94.3 Å². The van der Waals surface area contributed by atoms with Crippen LogP contribution in [-0.4, -0.2) is 104 Å². The van der Waals surface area contributed by atoms with Crippen molar-refractivity contribution in [3.05, 3.63) is 128 Å². The first-order chi connectivity index (χ1) is 27.6. The number of aryl methyl sites for hydroxylation is 4. The molecule has 5 rings (SSSR count). The smallest absolute Gasteiger partial charge is 0.875 e. The van der Waals surface area contributed by atoms with Gasteiger partial charge < -0.3 is 49.8 Å². The number of quaternary nitrogens is 2. The molecule has 1 radical (unpaired) electrons. The Balaban J connectivity index is 0.000000784. The monoisotopic (exact) mass is 973 g/mol. The normalized spacial score (nSPS) is 11.8. The van der Waals surface area contributed by atoms with Gasteiger partial charge in [-0.25, -0.2) is 0 Å². The van der Waals surface area contributed by atoms with E-state index in [4.69, 9.17) is 0 Å². The SMILES string of the molecule is Cc1cc(CN(C)C)c([O-])c(CN(C)C)c1.Cc1cc(CN(C)C)c([O-])c(C[NH+](C)C)c1.Cc1cc(CN(C)C)c([O-])c(C[NH+](C)C)c1.[Ce+3].[Na+].[O-]C1=Cc2ccccc2CC1. The van der Waals surface area contributed by atoms with E-state index in [0.29, 0.717) is 19.5 Å². The minimum atomic E-state index is 0. The van der Waals surface area contributed by atoms with E-state index in [1.807, 2.05) is 151 Å². The molecule has 0 aromatic heterocycles. The molecule has 0 aliphatic heterocycles. The number of fused-ring (bicyclic) bond motifs is 1. The Morgan fingerprint density at radius 1 is 0.475 bits per heavy atom. The van der Waals surface area contributed by atoms with Gasteiger partial charge in [-0.15, -0.1) is 5.76 Å². The molecule has 0 saturated carbocycles. The minimum Gasteiger partial charge on any atom is -0.875 e. The summed E-state index contributed by atoms with van der Waals surface area (Å²) in [5.74, 6) is 0.859. The third-order valence-electron chi connectivity index (χ3n) is 9.21. The van der Waals surface area contributed by atoms with Gasteiger partial charge >= 0.3 is 71.3 Å². The summed E-state index contributed by atoms with van der Waals surface area (Å²) in [6.07, 6.45) is 3.32. The van der Waals surface area contributed by atoms with E-state index in [1.165, 1.54) is 26.5 Å². The van der Waals surface area contributed by atoms with Crippen molar-refractivity contribution < 1.29 is 102 Å². The first-order valence-corrected chi connectivity index (χ1v) is 20.6. The fraction of sp³-hybridized carbons (Fsp3) is 0.469. The Bertz CT molecular complexity index is 1690. The van der Waals surface area contributed by atoms with Gasteiger partial charge in [0.15, 0.2) is 0 Å². The van der Waals surface area contributed by atoms with Crippen LogP contribution < -0.4 is 59.8 Å². The molecule has 0 amide bonds. The Morgan fingerprint density at radius 2 is 0.770 bits per heavy atom. The van der Waals surface area contributed by atoms with Crippen molar-refractivity contribution in [2.45, 2.75) is 72.9 Å². The molecule has 0 bridgehead atoms. The van der Waals surface area contributed by atoms with Crippen molar-refractivity contribution in [2.24, 2.45) is 0 Å². The van der Waals surface area contributed by atoms with Crippen LogP contribution in [0.4, 0.5) is 0 Å². The van der Waals surface area contributed by atoms with Gasteiger partial charge in [0, 0.05) is 26.2 Å². The van der Waals surface area contributed by atoms with E-state index in [1.54, 1.807) is 6.08 Å². The summed E-state index contributed by atoms with van der Waals surface area (Å²) in [5, 5.41) is 47.4. The summed E-state index contributed by atoms with van der Waals surface area (Å²) in [7, 11) is 24.1. The Labute approximate surface area is 425 Å². The minimum absolute atomic E-state index is 0. The summed E-state index contributed by atoms with van der Waals surface area (Å²) in [6.45, 7) is 10.6. The van der Waals surface area contributed by atoms with Gasteiger partial charge in [-0.2, -0.15) is 0 Å². The molecule has 327 valence electrons. The summed E-state index contributed by atoms with van der Waals surface area (Å²) < 4.78 is 0. The molecule has 4 aromatic carbocycles. The van der Waals surface area contributed by atoms with Crippen molar-refractivity contribution >= 4 is 6.08 Å². The van der Waals surface area contributed by atoms with Gasteiger partial charge in [0.1, 0.15) is 13.1 Å². The molecule has 2 N–H and O–H groups in total. The van der Waals surface area contributed by atoms with Gasteiger partial charge in [0.05, 0.1) is 28.2 Å². The largest absolute Gasteiger partial charge is 3.00 e. The molecule has 0 spiro atoms. The number of rotatable bonds is 12. The molecule has 0 unspecified atom stereocenters. The van der Waals surface area contributed by atoms with E-state index in [2.05, 4.69) is 34.3 Å². The summed E-state index contributed by atoms with van der Waals surface area (Å²) in [5.41, 5.74) is 11.4. The second-order valence-electron chi connectivity index (χ2n) is 17.8. The Hall–Kier alpha value is -2.04. The molecule has 0 heterocycles. The van der Waals surface area contributed by atoms with E-state index >= 15 is 0 Å². The van der Waals surface area contributed by atoms with Crippen LogP contribution in [-0.2, 0) is 45.7 Å². The van der Waals surface area contributed by atoms with Crippen molar-refractivity contribution in [3.63, 3.8) is 0 Å². The predicted octanol–water partition coefficient (Wildman–Crippen LogP) is -0.921. The van der Waals surface area contributed by atoms with Gasteiger partial charge in [-0.1, -0.05) is 101 Å². The Morgan fingerprint density at radius 3 is 1.08 bits per heavy atom. The van der Waals surface area contributed by atoms with Crippen LogP contribution in [0.2, 0.25) is 0 Å². The molecule has 1 aliphatic carbocycles. The van der Waals surface area contributed by atoms with Gasteiger partial charge in [0.2, 0.25) is 0 Å². The summed E-state index contributed by atoms with van der Waals surface area (Å²) in [4.78, 5) is 10.7. The third kappa shape index (κ3) is 22.4. The van der Waals surface area contributed by atoms with Crippen LogP contribution >= 0.6 is 0 Å². The number of hydrogen-bond donors (Lipinski definition) is 2. The molecular weight excluding hydrogens is 900 g/mol. The van der Waals surface area contributed by atoms with Gasteiger partial charge in [-0.05, 0) is 135 Å². The zero-order valence-corrected chi connectivity index (χ0v) is 45.6. The van der Waals surface area contributed by atoms with Crippen molar-refractivity contribution in [3.8, 4) is 17.2 Å². The standard InChI is InChI=1S/3C13H22N2O.C10H10O.Ce.Na/c3*1-10-6-11(8-14(2)3)13(16)12(7-10)9-15(4)5;11-10-6-5-8-3-1-2-4-9(8)7-10;;/h3*6-7,16H,8-9H2,1-5H3;1-4,7,11H,5-6H2;;/q;;;;+3;+1/p-2. The number of nitrogens with zero attached hydrogens (tertiary/aromatic N) is 4. The number of nitrogens with one attached hydrogen (secondary N) is 2. The maximum Gasteiger partial charge on any atom is 3.00 e. The van der Waals surface area contributed by atoms with Crippen LogP contribution in [0, 0.1) is 62.5 Å². The maximum absolute atomic E-state index is 12.2. The van der Waals surface area contributed by atoms with E-state index < -0.39 is 0 Å². The molecule has 0 saturated heterocycles. The molecule has 4 aromatic rings. The zero-order valence-electron chi connectivity index (χ0n) is 40.4. The first kappa shape index (κ1) is 59.0. The van der Waals surface area contributed by atoms with Crippen LogP contribution in [0.25, 0.3) is 6.08 Å². The molecular formula is C49H74CeN6NaO4+2. The first-order valence-electron chi connectivity index (χ1n) is 20.6. The van der Waals surface area contributed by atoms with Crippen molar-refractivity contribution in [2.75, 3.05) is 84.6 Å². The topological polar surface area (TPSA) is 114 Å². The number of hydrogen-bond acceptors (Lipinski definition) is 8. The van der Waals surface area contributed by atoms with Crippen molar-refractivity contribution in [1.82, 2.24) is 19.6 Å². The molecule has 1 aliphatic rings. The average Bonchev–Trinajstić information content (AvgIpc) is 3.10. The zero-order chi connectivity index (χ0) is 44.6. The summed E-state index contributed by atoms with van der Waals surface area (Å²) >= 11 is 0. The van der Waals surface area contributed by atoms with Crippen LogP contribution in [0.1, 0.15) is 67.6 Å². The fourth-order valence-electron chi connectivity index (χ4n) is 7.05. The summed E-state index contributed by atoms with van der Waals surface area (Å²) in [6, 6.07) is 20.0. The van der Waals surface area contributed by atoms with Gasteiger partial charge in [0.25, 0.3) is 0 Å². The molecule has 12 heteroatoms. The van der Waals surface area contributed by atoms with Crippen LogP contribution in [0.5, 0.6) is 17.2 Å². The quantitative estimate of drug-likeness (QED) is 0.176. The molecule has 0 atom stereocenters. The van der Waals surface area contributed by atoms with Crippen molar-refractivity contribution in [1.29, 1.82) is 0 Å². The van der Waals surface area contributed by atoms with Crippen LogP contribution in [0.15, 0.2) is 66.4 Å². The van der Waals surface area contributed by atoms with E-state index in [9.17, 15) is 20.4 Å². The number of allylic oxidation sites excluding steroid dienone is 1. The predicted molar refractivity (Wildman–Crippen MR) is 237 cm³/mol. The Kier molecular flexibility index (Phi) is 28.4. The van der Waals surface area contributed by atoms with Gasteiger partial charge in [-0.3, -0.25) is 0 Å². The average molecular weight is 974 g/mol. The number of benzene rings is 4. The molecule has 61 heavy (non-hydrogen) atoms. The molecule has 0 fully saturated rings. The second-order valence-corrected chi connectivity index (χ2v) is 17.8. The maximum atomic E-state index is 12.2. The van der Waals surface area contributed by atoms with E-state index in [0.717, 1.165) is 77.1 Å². The second kappa shape index (κ2) is 29.4. The third-order valence-corrected chi connectivity index (χ3v) is 9.21. The van der Waals surface area contributed by atoms with Crippen LogP contribution in [0.3, 0.4) is 0 Å².